The van der Waals surface area contributed by atoms with Gasteiger partial charge in [0.05, 0.1) is 12.6 Å². The molecule has 0 aromatic heterocycles. The molecule has 1 aromatic rings. The molecule has 72 valence electrons. The summed E-state index contributed by atoms with van der Waals surface area (Å²) in [6.07, 6.45) is 0. The molecule has 0 spiro atoms. The molecule has 0 radical (unpaired) electrons. The van der Waals surface area contributed by atoms with Crippen LogP contribution in [-0.4, -0.2) is 21.9 Å². The minimum absolute atomic E-state index is 0.145. The van der Waals surface area contributed by atoms with Gasteiger partial charge in [-0.25, -0.2) is 0 Å². The number of phenolic OH excluding ortho intramolecular Hbond substituents is 2. The highest BCUT2D eigenvalue weighted by Gasteiger charge is 2.10. The Kier molecular flexibility index (Phi) is 2.75. The van der Waals surface area contributed by atoms with Crippen LogP contribution in [0.25, 0.3) is 0 Å². The van der Waals surface area contributed by atoms with E-state index in [0.29, 0.717) is 11.1 Å². The molecule has 0 saturated heterocycles. The van der Waals surface area contributed by atoms with E-state index in [0.717, 1.165) is 0 Å². The van der Waals surface area contributed by atoms with E-state index in [1.165, 1.54) is 6.07 Å². The third-order valence-corrected chi connectivity index (χ3v) is 1.93. The van der Waals surface area contributed by atoms with Crippen molar-refractivity contribution in [2.45, 2.75) is 13.0 Å². The SMILES string of the molecule is Cc1cc(C(N)CO)cc(O)c1O. The van der Waals surface area contributed by atoms with E-state index in [1.807, 2.05) is 0 Å². The van der Waals surface area contributed by atoms with Crippen LogP contribution in [0, 0.1) is 6.92 Å². The van der Waals surface area contributed by atoms with E-state index in [1.54, 1.807) is 13.0 Å². The summed E-state index contributed by atoms with van der Waals surface area (Å²) in [5, 5.41) is 27.2. The molecular formula is C9H13NO3. The lowest BCUT2D eigenvalue weighted by atomic mass is 10.0. The third kappa shape index (κ3) is 1.91. The van der Waals surface area contributed by atoms with E-state index < -0.39 is 6.04 Å². The summed E-state index contributed by atoms with van der Waals surface area (Å²) in [5.41, 5.74) is 6.69. The molecule has 4 heteroatoms. The largest absolute Gasteiger partial charge is 0.504 e. The normalized spacial score (nSPS) is 12.8. The molecule has 13 heavy (non-hydrogen) atoms. The predicted molar refractivity (Wildman–Crippen MR) is 48.5 cm³/mol. The first-order valence-corrected chi connectivity index (χ1v) is 3.95. The lowest BCUT2D eigenvalue weighted by Crippen LogP contribution is -2.14. The monoisotopic (exact) mass is 183 g/mol. The Bertz CT molecular complexity index is 289. The van der Waals surface area contributed by atoms with Gasteiger partial charge in [0, 0.05) is 0 Å². The quantitative estimate of drug-likeness (QED) is 0.500. The molecule has 0 bridgehead atoms. The molecule has 0 aliphatic rings. The lowest BCUT2D eigenvalue weighted by Gasteiger charge is -2.11. The number of hydrogen-bond donors (Lipinski definition) is 4. The number of aromatic hydroxyl groups is 2. The first kappa shape index (κ1) is 9.83. The number of aliphatic hydroxyl groups excluding tert-OH is 1. The summed E-state index contributed by atoms with van der Waals surface area (Å²) < 4.78 is 0. The van der Waals surface area contributed by atoms with Crippen LogP contribution < -0.4 is 5.73 Å². The van der Waals surface area contributed by atoms with Crippen LogP contribution in [0.5, 0.6) is 11.5 Å². The summed E-state index contributed by atoms with van der Waals surface area (Å²) in [7, 11) is 0. The van der Waals surface area contributed by atoms with Crippen LogP contribution >= 0.6 is 0 Å². The Hall–Kier alpha value is -1.26. The number of aliphatic hydroxyl groups is 1. The first-order chi connectivity index (χ1) is 6.06. The Morgan fingerprint density at radius 3 is 2.46 bits per heavy atom. The van der Waals surface area contributed by atoms with Crippen molar-refractivity contribution in [3.8, 4) is 11.5 Å². The van der Waals surface area contributed by atoms with Gasteiger partial charge in [-0.05, 0) is 24.1 Å². The second kappa shape index (κ2) is 3.64. The first-order valence-electron chi connectivity index (χ1n) is 3.95. The summed E-state index contributed by atoms with van der Waals surface area (Å²) in [4.78, 5) is 0. The van der Waals surface area contributed by atoms with Crippen molar-refractivity contribution in [3.05, 3.63) is 23.3 Å². The molecule has 1 unspecified atom stereocenters. The van der Waals surface area contributed by atoms with Gasteiger partial charge >= 0.3 is 0 Å². The summed E-state index contributed by atoms with van der Waals surface area (Å²) in [6, 6.07) is 2.46. The van der Waals surface area contributed by atoms with Gasteiger partial charge in [-0.2, -0.15) is 0 Å². The Labute approximate surface area is 76.2 Å². The number of aryl methyl sites for hydroxylation is 1. The van der Waals surface area contributed by atoms with E-state index in [4.69, 9.17) is 10.8 Å². The Morgan fingerprint density at radius 1 is 1.38 bits per heavy atom. The highest BCUT2D eigenvalue weighted by molar-refractivity contribution is 5.47. The minimum Gasteiger partial charge on any atom is -0.504 e. The average Bonchev–Trinajstić information content (AvgIpc) is 2.12. The van der Waals surface area contributed by atoms with Gasteiger partial charge in [0.25, 0.3) is 0 Å². The number of phenols is 2. The second-order valence-corrected chi connectivity index (χ2v) is 2.99. The highest BCUT2D eigenvalue weighted by Crippen LogP contribution is 2.31. The van der Waals surface area contributed by atoms with Crippen molar-refractivity contribution in [2.75, 3.05) is 6.61 Å². The van der Waals surface area contributed by atoms with E-state index in [9.17, 15) is 10.2 Å². The maximum Gasteiger partial charge on any atom is 0.160 e. The van der Waals surface area contributed by atoms with Crippen molar-refractivity contribution in [1.82, 2.24) is 0 Å². The van der Waals surface area contributed by atoms with Crippen molar-refractivity contribution >= 4 is 0 Å². The van der Waals surface area contributed by atoms with Crippen LogP contribution in [-0.2, 0) is 0 Å². The lowest BCUT2D eigenvalue weighted by molar-refractivity contribution is 0.267. The summed E-state index contributed by atoms with van der Waals surface area (Å²) in [5.74, 6) is -0.354. The van der Waals surface area contributed by atoms with Gasteiger partial charge in [-0.15, -0.1) is 0 Å². The molecule has 0 aliphatic carbocycles. The summed E-state index contributed by atoms with van der Waals surface area (Å²) >= 11 is 0. The van der Waals surface area contributed by atoms with Gasteiger partial charge in [-0.3, -0.25) is 0 Å². The molecule has 5 N–H and O–H groups in total. The molecular weight excluding hydrogens is 170 g/mol. The van der Waals surface area contributed by atoms with Gasteiger partial charge in [-0.1, -0.05) is 6.07 Å². The maximum absolute atomic E-state index is 9.24. The van der Waals surface area contributed by atoms with Crippen LogP contribution in [0.15, 0.2) is 12.1 Å². The molecule has 1 aromatic carbocycles. The molecule has 0 fully saturated rings. The Morgan fingerprint density at radius 2 is 2.00 bits per heavy atom. The maximum atomic E-state index is 9.24. The number of benzene rings is 1. The molecule has 0 amide bonds. The van der Waals surface area contributed by atoms with Crippen LogP contribution in [0.3, 0.4) is 0 Å². The van der Waals surface area contributed by atoms with Gasteiger partial charge < -0.3 is 21.1 Å². The smallest absolute Gasteiger partial charge is 0.160 e. The zero-order valence-corrected chi connectivity index (χ0v) is 7.36. The zero-order valence-electron chi connectivity index (χ0n) is 7.36. The van der Waals surface area contributed by atoms with Crippen LogP contribution in [0.4, 0.5) is 0 Å². The van der Waals surface area contributed by atoms with E-state index in [-0.39, 0.29) is 18.1 Å². The number of hydrogen-bond acceptors (Lipinski definition) is 4. The number of nitrogens with two attached hydrogens (primary N) is 1. The molecule has 1 rings (SSSR count). The zero-order chi connectivity index (χ0) is 10.0. The Balaban J connectivity index is 3.13. The molecule has 0 aliphatic heterocycles. The molecule has 4 nitrogen and oxygen atoms in total. The van der Waals surface area contributed by atoms with E-state index >= 15 is 0 Å². The van der Waals surface area contributed by atoms with Crippen molar-refractivity contribution < 1.29 is 15.3 Å². The highest BCUT2D eigenvalue weighted by atomic mass is 16.3. The molecule has 1 atom stereocenters. The standard InChI is InChI=1S/C9H13NO3/c1-5-2-6(7(10)4-11)3-8(12)9(5)13/h2-3,7,11-13H,4,10H2,1H3. The van der Waals surface area contributed by atoms with E-state index in [2.05, 4.69) is 0 Å². The average molecular weight is 183 g/mol. The van der Waals surface area contributed by atoms with Gasteiger partial charge in [0.2, 0.25) is 0 Å². The third-order valence-electron chi connectivity index (χ3n) is 1.93. The minimum atomic E-state index is -0.523. The molecule has 0 saturated carbocycles. The van der Waals surface area contributed by atoms with Gasteiger partial charge in [0.1, 0.15) is 0 Å². The fraction of sp³-hybridized carbons (Fsp3) is 0.333. The second-order valence-electron chi connectivity index (χ2n) is 2.99. The van der Waals surface area contributed by atoms with Crippen molar-refractivity contribution in [1.29, 1.82) is 0 Å². The van der Waals surface area contributed by atoms with Crippen molar-refractivity contribution in [2.24, 2.45) is 5.73 Å². The van der Waals surface area contributed by atoms with Crippen LogP contribution in [0.2, 0.25) is 0 Å². The fourth-order valence-corrected chi connectivity index (χ4v) is 1.11. The predicted octanol–water partition coefficient (Wildman–Crippen LogP) is 0.398. The van der Waals surface area contributed by atoms with Crippen molar-refractivity contribution in [3.63, 3.8) is 0 Å². The topological polar surface area (TPSA) is 86.7 Å². The van der Waals surface area contributed by atoms with Crippen LogP contribution in [0.1, 0.15) is 17.2 Å². The fourth-order valence-electron chi connectivity index (χ4n) is 1.11. The van der Waals surface area contributed by atoms with Gasteiger partial charge in [0.15, 0.2) is 11.5 Å². The molecule has 0 heterocycles. The summed E-state index contributed by atoms with van der Waals surface area (Å²) in [6.45, 7) is 1.46. The number of rotatable bonds is 2.